The molecule has 1 rings (SSSR count). The maximum absolute atomic E-state index is 10.6. The van der Waals surface area contributed by atoms with E-state index >= 15 is 0 Å². The van der Waals surface area contributed by atoms with Gasteiger partial charge >= 0.3 is 5.97 Å². The fraction of sp³-hybridized carbons (Fsp3) is 0.625. The van der Waals surface area contributed by atoms with Crippen molar-refractivity contribution in [3.05, 3.63) is 11.4 Å². The number of aryl methyl sites for hydroxylation is 1. The van der Waals surface area contributed by atoms with Crippen LogP contribution in [0.1, 0.15) is 29.0 Å². The normalized spacial score (nSPS) is 10.4. The maximum atomic E-state index is 10.6. The van der Waals surface area contributed by atoms with Gasteiger partial charge in [-0.05, 0) is 19.3 Å². The number of ether oxygens (including phenoxy) is 1. The molecule has 0 amide bonds. The molecule has 1 heterocycles. The Kier molecular flexibility index (Phi) is 4.06. The van der Waals surface area contributed by atoms with Gasteiger partial charge in [0.15, 0.2) is 5.69 Å². The molecule has 0 unspecified atom stereocenters. The second-order valence-electron chi connectivity index (χ2n) is 2.87. The summed E-state index contributed by atoms with van der Waals surface area (Å²) in [5.74, 6) is -1.04. The van der Waals surface area contributed by atoms with Gasteiger partial charge < -0.3 is 9.84 Å². The topological polar surface area (TPSA) is 88.1 Å². The fourth-order valence-corrected chi connectivity index (χ4v) is 1.14. The van der Waals surface area contributed by atoms with Crippen LogP contribution in [0.5, 0.6) is 0 Å². The summed E-state index contributed by atoms with van der Waals surface area (Å²) in [7, 11) is 1.64. The molecule has 0 aliphatic heterocycles. The van der Waals surface area contributed by atoms with E-state index in [1.165, 1.54) is 0 Å². The number of hydrogen-bond donors (Lipinski definition) is 2. The largest absolute Gasteiger partial charge is 0.476 e. The van der Waals surface area contributed by atoms with Gasteiger partial charge in [-0.1, -0.05) is 0 Å². The van der Waals surface area contributed by atoms with Gasteiger partial charge in [-0.25, -0.2) is 4.79 Å². The van der Waals surface area contributed by atoms with Gasteiger partial charge in [0.05, 0.1) is 5.69 Å². The highest BCUT2D eigenvalue weighted by molar-refractivity contribution is 5.86. The van der Waals surface area contributed by atoms with Crippen LogP contribution in [-0.2, 0) is 11.2 Å². The number of H-pyrrole nitrogens is 1. The average Bonchev–Trinajstić information content (AvgIpc) is 2.60. The van der Waals surface area contributed by atoms with E-state index in [0.717, 1.165) is 12.8 Å². The number of carboxylic acids is 1. The number of carbonyl (C=O) groups is 1. The zero-order valence-electron chi connectivity index (χ0n) is 7.99. The van der Waals surface area contributed by atoms with Gasteiger partial charge in [-0.2, -0.15) is 10.3 Å². The van der Waals surface area contributed by atoms with Crippen molar-refractivity contribution in [2.24, 2.45) is 0 Å². The van der Waals surface area contributed by atoms with Crippen LogP contribution >= 0.6 is 0 Å². The van der Waals surface area contributed by atoms with Crippen molar-refractivity contribution in [2.45, 2.75) is 19.3 Å². The Morgan fingerprint density at radius 1 is 1.50 bits per heavy atom. The van der Waals surface area contributed by atoms with Crippen LogP contribution in [0.25, 0.3) is 0 Å². The minimum absolute atomic E-state index is 0.0161. The molecule has 0 radical (unpaired) electrons. The maximum Gasteiger partial charge on any atom is 0.358 e. The van der Waals surface area contributed by atoms with E-state index in [2.05, 4.69) is 15.4 Å². The Labute approximate surface area is 81.3 Å². The highest BCUT2D eigenvalue weighted by atomic mass is 16.5. The number of aromatic nitrogens is 3. The van der Waals surface area contributed by atoms with Crippen LogP contribution in [0.15, 0.2) is 0 Å². The minimum atomic E-state index is -1.04. The summed E-state index contributed by atoms with van der Waals surface area (Å²) in [5, 5.41) is 18.3. The molecule has 1 aromatic rings. The quantitative estimate of drug-likeness (QED) is 0.650. The molecule has 6 nitrogen and oxygen atoms in total. The molecule has 0 spiro atoms. The Balaban J connectivity index is 2.42. The molecule has 0 atom stereocenters. The van der Waals surface area contributed by atoms with E-state index in [1.807, 2.05) is 0 Å². The predicted molar refractivity (Wildman–Crippen MR) is 48.2 cm³/mol. The van der Waals surface area contributed by atoms with Gasteiger partial charge in [0.2, 0.25) is 0 Å². The first-order valence-corrected chi connectivity index (χ1v) is 4.37. The third kappa shape index (κ3) is 2.81. The molecule has 0 bridgehead atoms. The van der Waals surface area contributed by atoms with E-state index in [1.54, 1.807) is 7.11 Å². The smallest absolute Gasteiger partial charge is 0.358 e. The van der Waals surface area contributed by atoms with Crippen LogP contribution in [-0.4, -0.2) is 40.2 Å². The first-order valence-electron chi connectivity index (χ1n) is 4.37. The molecule has 14 heavy (non-hydrogen) atoms. The van der Waals surface area contributed by atoms with E-state index in [9.17, 15) is 4.79 Å². The lowest BCUT2D eigenvalue weighted by Crippen LogP contribution is -2.02. The van der Waals surface area contributed by atoms with Gasteiger partial charge in [0.1, 0.15) is 0 Å². The zero-order valence-corrected chi connectivity index (χ0v) is 7.99. The number of aromatic amines is 1. The van der Waals surface area contributed by atoms with Crippen molar-refractivity contribution in [3.8, 4) is 0 Å². The molecule has 0 saturated heterocycles. The van der Waals surface area contributed by atoms with Gasteiger partial charge in [-0.15, -0.1) is 5.10 Å². The Bertz CT molecular complexity index is 298. The zero-order chi connectivity index (χ0) is 10.4. The molecule has 0 fully saturated rings. The summed E-state index contributed by atoms with van der Waals surface area (Å²) in [5.41, 5.74) is 0.524. The minimum Gasteiger partial charge on any atom is -0.476 e. The van der Waals surface area contributed by atoms with E-state index in [4.69, 9.17) is 9.84 Å². The number of methoxy groups -OCH3 is 1. The van der Waals surface area contributed by atoms with Gasteiger partial charge in [0, 0.05) is 13.7 Å². The molecule has 0 saturated carbocycles. The lowest BCUT2D eigenvalue weighted by molar-refractivity contribution is 0.0689. The second kappa shape index (κ2) is 5.33. The van der Waals surface area contributed by atoms with Crippen LogP contribution in [0.2, 0.25) is 0 Å². The molecule has 0 aromatic carbocycles. The Morgan fingerprint density at radius 2 is 2.29 bits per heavy atom. The third-order valence-electron chi connectivity index (χ3n) is 1.83. The number of nitrogens with zero attached hydrogens (tertiary/aromatic N) is 2. The van der Waals surface area contributed by atoms with Gasteiger partial charge in [-0.3, -0.25) is 0 Å². The van der Waals surface area contributed by atoms with Crippen molar-refractivity contribution in [3.63, 3.8) is 0 Å². The number of carboxylic acid groups (broad SMARTS) is 1. The molecule has 78 valence electrons. The van der Waals surface area contributed by atoms with E-state index < -0.39 is 5.97 Å². The van der Waals surface area contributed by atoms with Crippen molar-refractivity contribution in [1.82, 2.24) is 15.4 Å². The second-order valence-corrected chi connectivity index (χ2v) is 2.87. The summed E-state index contributed by atoms with van der Waals surface area (Å²) in [4.78, 5) is 10.6. The van der Waals surface area contributed by atoms with E-state index in [-0.39, 0.29) is 5.69 Å². The van der Waals surface area contributed by atoms with Crippen LogP contribution in [0, 0.1) is 0 Å². The van der Waals surface area contributed by atoms with Crippen LogP contribution < -0.4 is 0 Å². The molecule has 2 N–H and O–H groups in total. The predicted octanol–water partition coefficient (Wildman–Crippen LogP) is 0.472. The molecular weight excluding hydrogens is 186 g/mol. The van der Waals surface area contributed by atoms with Gasteiger partial charge in [0.25, 0.3) is 0 Å². The molecule has 1 aromatic heterocycles. The number of unbranched alkanes of at least 4 members (excludes halogenated alkanes) is 1. The summed E-state index contributed by atoms with van der Waals surface area (Å²) >= 11 is 0. The monoisotopic (exact) mass is 199 g/mol. The molecular formula is C8H13N3O3. The highest BCUT2D eigenvalue weighted by Gasteiger charge is 2.13. The number of hydrogen-bond acceptors (Lipinski definition) is 4. The number of rotatable bonds is 6. The van der Waals surface area contributed by atoms with Crippen molar-refractivity contribution in [2.75, 3.05) is 13.7 Å². The molecule has 6 heteroatoms. The van der Waals surface area contributed by atoms with E-state index in [0.29, 0.717) is 18.7 Å². The van der Waals surface area contributed by atoms with Crippen molar-refractivity contribution in [1.29, 1.82) is 0 Å². The Hall–Kier alpha value is -1.43. The molecule has 0 aliphatic carbocycles. The summed E-state index contributed by atoms with van der Waals surface area (Å²) in [6.45, 7) is 0.681. The standard InChI is InChI=1S/C8H13N3O3/c1-14-5-3-2-4-6-7(8(12)13)10-11-9-6/h2-5H2,1H3,(H,12,13)(H,9,10,11). The lowest BCUT2D eigenvalue weighted by Gasteiger charge is -1.97. The first kappa shape index (κ1) is 10.6. The number of nitrogens with one attached hydrogen (secondary N) is 1. The van der Waals surface area contributed by atoms with Crippen molar-refractivity contribution < 1.29 is 14.6 Å². The lowest BCUT2D eigenvalue weighted by atomic mass is 10.1. The summed E-state index contributed by atoms with van der Waals surface area (Å²) in [6.07, 6.45) is 2.35. The summed E-state index contributed by atoms with van der Waals surface area (Å²) in [6, 6.07) is 0. The third-order valence-corrected chi connectivity index (χ3v) is 1.83. The Morgan fingerprint density at radius 3 is 2.93 bits per heavy atom. The van der Waals surface area contributed by atoms with Crippen LogP contribution in [0.4, 0.5) is 0 Å². The SMILES string of the molecule is COCCCCc1n[nH]nc1C(=O)O. The fourth-order valence-electron chi connectivity index (χ4n) is 1.14. The summed E-state index contributed by atoms with van der Waals surface area (Å²) < 4.78 is 4.88. The first-order chi connectivity index (χ1) is 6.75. The average molecular weight is 199 g/mol. The molecule has 0 aliphatic rings. The number of aromatic carboxylic acids is 1. The highest BCUT2D eigenvalue weighted by Crippen LogP contribution is 2.05. The van der Waals surface area contributed by atoms with Crippen molar-refractivity contribution >= 4 is 5.97 Å². The van der Waals surface area contributed by atoms with Crippen LogP contribution in [0.3, 0.4) is 0 Å².